The Morgan fingerprint density at radius 3 is 2.70 bits per heavy atom. The zero-order chi connectivity index (χ0) is 19.2. The largest absolute Gasteiger partial charge is 0.497 e. The molecule has 144 valence electrons. The minimum atomic E-state index is -0.0761. The third-order valence-electron chi connectivity index (χ3n) is 5.02. The normalized spacial score (nSPS) is 19.1. The highest BCUT2D eigenvalue weighted by Crippen LogP contribution is 2.29. The van der Waals surface area contributed by atoms with Gasteiger partial charge in [-0.25, -0.2) is 0 Å². The smallest absolute Gasteiger partial charge is 0.222 e. The Hall–Kier alpha value is -2.83. The van der Waals surface area contributed by atoms with Gasteiger partial charge in [-0.2, -0.15) is 5.10 Å². The van der Waals surface area contributed by atoms with Crippen LogP contribution in [0, 0.1) is 0 Å². The average Bonchev–Trinajstić information content (AvgIpc) is 3.31. The third-order valence-corrected chi connectivity index (χ3v) is 5.02. The molecule has 2 atom stereocenters. The van der Waals surface area contributed by atoms with Gasteiger partial charge in [0.05, 0.1) is 19.3 Å². The number of nitrogens with one attached hydrogen (secondary N) is 2. The van der Waals surface area contributed by atoms with E-state index in [2.05, 4.69) is 15.5 Å². The molecule has 2 heterocycles. The van der Waals surface area contributed by atoms with Crippen molar-refractivity contribution in [2.75, 3.05) is 20.2 Å². The molecular formula is C20H26N4O3. The third kappa shape index (κ3) is 4.87. The first-order valence-electron chi connectivity index (χ1n) is 9.23. The summed E-state index contributed by atoms with van der Waals surface area (Å²) >= 11 is 0. The van der Waals surface area contributed by atoms with Gasteiger partial charge in [0.2, 0.25) is 11.8 Å². The van der Waals surface area contributed by atoms with Gasteiger partial charge in [-0.1, -0.05) is 12.1 Å². The van der Waals surface area contributed by atoms with Crippen molar-refractivity contribution >= 4 is 11.8 Å². The molecule has 0 aliphatic carbocycles. The zero-order valence-electron chi connectivity index (χ0n) is 15.8. The lowest BCUT2D eigenvalue weighted by Crippen LogP contribution is -2.39. The molecule has 0 radical (unpaired) electrons. The number of benzene rings is 1. The van der Waals surface area contributed by atoms with Crippen LogP contribution in [-0.4, -0.2) is 53.2 Å². The summed E-state index contributed by atoms with van der Waals surface area (Å²) in [5, 5.41) is 9.71. The topological polar surface area (TPSA) is 87.3 Å². The molecule has 1 aromatic heterocycles. The number of likely N-dealkylation sites (tertiary alicyclic amines) is 1. The number of carbonyl (C=O) groups excluding carboxylic acids is 2. The first-order valence-corrected chi connectivity index (χ1v) is 9.23. The maximum absolute atomic E-state index is 12.7. The number of H-pyrrole nitrogens is 1. The van der Waals surface area contributed by atoms with Crippen molar-refractivity contribution in [3.8, 4) is 5.75 Å². The van der Waals surface area contributed by atoms with Crippen LogP contribution in [0.15, 0.2) is 36.7 Å². The minimum absolute atomic E-state index is 0.0753. The predicted molar refractivity (Wildman–Crippen MR) is 101 cm³/mol. The number of amides is 2. The van der Waals surface area contributed by atoms with E-state index >= 15 is 0 Å². The summed E-state index contributed by atoms with van der Waals surface area (Å²) in [4.78, 5) is 26.1. The molecule has 1 aliphatic rings. The van der Waals surface area contributed by atoms with E-state index in [1.165, 1.54) is 6.92 Å². The molecule has 1 saturated heterocycles. The zero-order valence-corrected chi connectivity index (χ0v) is 15.8. The molecule has 2 N–H and O–H groups in total. The first kappa shape index (κ1) is 18.9. The summed E-state index contributed by atoms with van der Waals surface area (Å²) in [5.41, 5.74) is 2.21. The molecule has 0 spiro atoms. The standard InChI is InChI=1S/C20H26N4O3/c1-14(25)23-19-13-24(20(26)5-3-4-15-10-21-22-11-15)12-18(19)16-6-8-17(27-2)9-7-16/h6-11,18-19H,3-5,12-13H2,1-2H3,(H,21,22)(H,23,25)/t18-,19+/m0/s1. The summed E-state index contributed by atoms with van der Waals surface area (Å²) in [6.45, 7) is 2.67. The summed E-state index contributed by atoms with van der Waals surface area (Å²) in [7, 11) is 1.63. The number of hydrogen-bond acceptors (Lipinski definition) is 4. The van der Waals surface area contributed by atoms with Crippen molar-refractivity contribution in [2.24, 2.45) is 0 Å². The quantitative estimate of drug-likeness (QED) is 0.779. The second-order valence-corrected chi connectivity index (χ2v) is 6.95. The van der Waals surface area contributed by atoms with Crippen molar-refractivity contribution in [2.45, 2.75) is 38.1 Å². The predicted octanol–water partition coefficient (Wildman–Crippen LogP) is 1.87. The number of carbonyl (C=O) groups is 2. The number of methoxy groups -OCH3 is 1. The first-order chi connectivity index (χ1) is 13.1. The summed E-state index contributed by atoms with van der Waals surface area (Å²) in [6.07, 6.45) is 5.74. The van der Waals surface area contributed by atoms with Crippen molar-refractivity contribution in [3.05, 3.63) is 47.8 Å². The van der Waals surface area contributed by atoms with E-state index in [0.717, 1.165) is 29.7 Å². The van der Waals surface area contributed by atoms with Crippen molar-refractivity contribution < 1.29 is 14.3 Å². The van der Waals surface area contributed by atoms with Crippen LogP contribution in [0.5, 0.6) is 5.75 Å². The summed E-state index contributed by atoms with van der Waals surface area (Å²) < 4.78 is 5.22. The Morgan fingerprint density at radius 2 is 2.07 bits per heavy atom. The van der Waals surface area contributed by atoms with E-state index in [1.54, 1.807) is 13.3 Å². The van der Waals surface area contributed by atoms with E-state index in [0.29, 0.717) is 19.5 Å². The Balaban J connectivity index is 1.62. The fraction of sp³-hybridized carbons (Fsp3) is 0.450. The van der Waals surface area contributed by atoms with Crippen LogP contribution in [0.4, 0.5) is 0 Å². The van der Waals surface area contributed by atoms with Crippen molar-refractivity contribution in [1.82, 2.24) is 20.4 Å². The lowest BCUT2D eigenvalue weighted by molar-refractivity contribution is -0.130. The van der Waals surface area contributed by atoms with Crippen molar-refractivity contribution in [3.63, 3.8) is 0 Å². The van der Waals surface area contributed by atoms with Crippen LogP contribution in [0.1, 0.15) is 36.8 Å². The molecule has 7 nitrogen and oxygen atoms in total. The second kappa shape index (κ2) is 8.70. The van der Waals surface area contributed by atoms with Crippen LogP contribution < -0.4 is 10.1 Å². The van der Waals surface area contributed by atoms with E-state index < -0.39 is 0 Å². The number of aromatic amines is 1. The van der Waals surface area contributed by atoms with Gasteiger partial charge in [-0.3, -0.25) is 14.7 Å². The molecule has 1 aliphatic heterocycles. The van der Waals surface area contributed by atoms with Gasteiger partial charge in [0, 0.05) is 38.5 Å². The Labute approximate surface area is 159 Å². The van der Waals surface area contributed by atoms with Gasteiger partial charge < -0.3 is 15.0 Å². The van der Waals surface area contributed by atoms with E-state index in [-0.39, 0.29) is 23.8 Å². The highest BCUT2D eigenvalue weighted by atomic mass is 16.5. The summed E-state index contributed by atoms with van der Waals surface area (Å²) in [6, 6.07) is 7.76. The minimum Gasteiger partial charge on any atom is -0.497 e. The molecule has 7 heteroatoms. The monoisotopic (exact) mass is 370 g/mol. The molecule has 1 fully saturated rings. The SMILES string of the molecule is COc1ccc([C@@H]2CN(C(=O)CCCc3cn[nH]c3)C[C@H]2NC(C)=O)cc1. The molecule has 0 unspecified atom stereocenters. The number of rotatable bonds is 7. The molecule has 2 aromatic rings. The van der Waals surface area contributed by atoms with Crippen LogP contribution in [0.3, 0.4) is 0 Å². The van der Waals surface area contributed by atoms with Gasteiger partial charge >= 0.3 is 0 Å². The number of ether oxygens (including phenoxy) is 1. The molecule has 3 rings (SSSR count). The van der Waals surface area contributed by atoms with Crippen LogP contribution in [-0.2, 0) is 16.0 Å². The van der Waals surface area contributed by atoms with Crippen molar-refractivity contribution in [1.29, 1.82) is 0 Å². The lowest BCUT2D eigenvalue weighted by Gasteiger charge is -2.19. The maximum atomic E-state index is 12.7. The Kier molecular flexibility index (Phi) is 6.11. The van der Waals surface area contributed by atoms with Gasteiger partial charge in [0.1, 0.15) is 5.75 Å². The Bertz CT molecular complexity index is 758. The van der Waals surface area contributed by atoms with E-state index in [4.69, 9.17) is 4.74 Å². The molecule has 0 bridgehead atoms. The molecule has 1 aromatic carbocycles. The molecule has 2 amide bonds. The second-order valence-electron chi connectivity index (χ2n) is 6.95. The van der Waals surface area contributed by atoms with E-state index in [9.17, 15) is 9.59 Å². The number of hydrogen-bond donors (Lipinski definition) is 2. The summed E-state index contributed by atoms with van der Waals surface area (Å²) in [5.74, 6) is 0.926. The van der Waals surface area contributed by atoms with Crippen LogP contribution in [0.25, 0.3) is 0 Å². The number of nitrogens with zero attached hydrogens (tertiary/aromatic N) is 2. The van der Waals surface area contributed by atoms with Gasteiger partial charge in [0.15, 0.2) is 0 Å². The fourth-order valence-corrected chi connectivity index (χ4v) is 3.62. The van der Waals surface area contributed by atoms with Gasteiger partial charge in [-0.05, 0) is 36.1 Å². The molecule has 27 heavy (non-hydrogen) atoms. The van der Waals surface area contributed by atoms with Gasteiger partial charge in [0.25, 0.3) is 0 Å². The van der Waals surface area contributed by atoms with E-state index in [1.807, 2.05) is 35.4 Å². The molecular weight excluding hydrogens is 344 g/mol. The van der Waals surface area contributed by atoms with Crippen LogP contribution in [0.2, 0.25) is 0 Å². The number of aromatic nitrogens is 2. The van der Waals surface area contributed by atoms with Gasteiger partial charge in [-0.15, -0.1) is 0 Å². The average molecular weight is 370 g/mol. The number of aryl methyl sites for hydroxylation is 1. The lowest BCUT2D eigenvalue weighted by atomic mass is 9.94. The Morgan fingerprint density at radius 1 is 1.30 bits per heavy atom. The highest BCUT2D eigenvalue weighted by Gasteiger charge is 2.36. The molecule has 0 saturated carbocycles. The fourth-order valence-electron chi connectivity index (χ4n) is 3.62. The highest BCUT2D eigenvalue weighted by molar-refractivity contribution is 5.77. The van der Waals surface area contributed by atoms with Crippen LogP contribution >= 0.6 is 0 Å². The maximum Gasteiger partial charge on any atom is 0.222 e.